The molecule has 0 saturated heterocycles. The third-order valence-corrected chi connectivity index (χ3v) is 6.69. The van der Waals surface area contributed by atoms with Crippen molar-refractivity contribution in [3.05, 3.63) is 107 Å². The summed E-state index contributed by atoms with van der Waals surface area (Å²) >= 11 is 6.09. The number of halogens is 1. The molecule has 176 valence electrons. The maximum atomic E-state index is 13.7. The van der Waals surface area contributed by atoms with Crippen molar-refractivity contribution in [1.29, 1.82) is 0 Å². The van der Waals surface area contributed by atoms with E-state index in [0.717, 1.165) is 42.4 Å². The summed E-state index contributed by atoms with van der Waals surface area (Å²) in [5.41, 5.74) is 2.91. The molecule has 0 heterocycles. The second-order valence-corrected chi connectivity index (χ2v) is 9.44. The zero-order valence-corrected chi connectivity index (χ0v) is 20.1. The molecule has 3 aromatic rings. The molecule has 0 radical (unpaired) electrons. The van der Waals surface area contributed by atoms with Gasteiger partial charge in [0.25, 0.3) is 0 Å². The Labute approximate surface area is 206 Å². The number of rotatable bonds is 9. The SMILES string of the molecule is O=C(NC1CCCC1)C(Cc1ccccc1)N(Cc1ccc(Cl)cc1)C(=O)Cc1ccccc1. The maximum absolute atomic E-state index is 13.7. The summed E-state index contributed by atoms with van der Waals surface area (Å²) in [5, 5.41) is 3.88. The molecule has 34 heavy (non-hydrogen) atoms. The minimum Gasteiger partial charge on any atom is -0.352 e. The molecule has 3 aromatic carbocycles. The van der Waals surface area contributed by atoms with E-state index in [1.54, 1.807) is 4.90 Å². The molecule has 0 spiro atoms. The Kier molecular flexibility index (Phi) is 8.37. The molecule has 1 aliphatic rings. The summed E-state index contributed by atoms with van der Waals surface area (Å²) in [6.07, 6.45) is 4.98. The Morgan fingerprint density at radius 1 is 0.824 bits per heavy atom. The largest absolute Gasteiger partial charge is 0.352 e. The number of amides is 2. The Morgan fingerprint density at radius 2 is 1.41 bits per heavy atom. The van der Waals surface area contributed by atoms with Crippen LogP contribution in [-0.2, 0) is 29.0 Å². The smallest absolute Gasteiger partial charge is 0.243 e. The fraction of sp³-hybridized carbons (Fsp3) is 0.310. The lowest BCUT2D eigenvalue weighted by Gasteiger charge is -2.32. The predicted octanol–water partition coefficient (Wildman–Crippen LogP) is 5.58. The zero-order valence-electron chi connectivity index (χ0n) is 19.3. The van der Waals surface area contributed by atoms with E-state index in [9.17, 15) is 9.59 Å². The quantitative estimate of drug-likeness (QED) is 0.440. The molecular formula is C29H31ClN2O2. The van der Waals surface area contributed by atoms with Crippen LogP contribution in [0.15, 0.2) is 84.9 Å². The summed E-state index contributed by atoms with van der Waals surface area (Å²) in [7, 11) is 0. The van der Waals surface area contributed by atoms with Crippen LogP contribution in [0.2, 0.25) is 5.02 Å². The van der Waals surface area contributed by atoms with Crippen molar-refractivity contribution < 1.29 is 9.59 Å². The first-order chi connectivity index (χ1) is 16.6. The zero-order chi connectivity index (χ0) is 23.8. The van der Waals surface area contributed by atoms with Crippen LogP contribution in [0.5, 0.6) is 0 Å². The predicted molar refractivity (Wildman–Crippen MR) is 136 cm³/mol. The van der Waals surface area contributed by atoms with Gasteiger partial charge >= 0.3 is 0 Å². The van der Waals surface area contributed by atoms with Crippen molar-refractivity contribution in [1.82, 2.24) is 10.2 Å². The van der Waals surface area contributed by atoms with Gasteiger partial charge in [0.15, 0.2) is 0 Å². The second kappa shape index (κ2) is 11.8. The highest BCUT2D eigenvalue weighted by atomic mass is 35.5. The van der Waals surface area contributed by atoms with Gasteiger partial charge in [-0.25, -0.2) is 0 Å². The first kappa shape index (κ1) is 24.0. The normalized spacial score (nSPS) is 14.5. The number of benzene rings is 3. The maximum Gasteiger partial charge on any atom is 0.243 e. The van der Waals surface area contributed by atoms with Crippen LogP contribution in [0.25, 0.3) is 0 Å². The molecule has 0 bridgehead atoms. The molecule has 5 heteroatoms. The monoisotopic (exact) mass is 474 g/mol. The van der Waals surface area contributed by atoms with Gasteiger partial charge in [-0.05, 0) is 41.7 Å². The summed E-state index contributed by atoms with van der Waals surface area (Å²) in [6, 6.07) is 26.7. The highest BCUT2D eigenvalue weighted by Crippen LogP contribution is 2.21. The van der Waals surface area contributed by atoms with E-state index in [4.69, 9.17) is 11.6 Å². The minimum absolute atomic E-state index is 0.0661. The average molecular weight is 475 g/mol. The molecule has 1 N–H and O–H groups in total. The molecule has 0 aliphatic heterocycles. The van der Waals surface area contributed by atoms with E-state index in [0.29, 0.717) is 18.0 Å². The van der Waals surface area contributed by atoms with Crippen molar-refractivity contribution >= 4 is 23.4 Å². The summed E-state index contributed by atoms with van der Waals surface area (Å²) < 4.78 is 0. The molecule has 1 atom stereocenters. The van der Waals surface area contributed by atoms with Crippen molar-refractivity contribution in [3.8, 4) is 0 Å². The third kappa shape index (κ3) is 6.71. The van der Waals surface area contributed by atoms with Crippen LogP contribution in [-0.4, -0.2) is 28.8 Å². The van der Waals surface area contributed by atoms with Crippen LogP contribution in [0.3, 0.4) is 0 Å². The summed E-state index contributed by atoms with van der Waals surface area (Å²) in [4.78, 5) is 29.0. The standard InChI is InChI=1S/C29H31ClN2O2/c30-25-17-15-24(16-18-25)21-32(28(33)20-23-11-5-2-6-12-23)27(19-22-9-3-1-4-10-22)29(34)31-26-13-7-8-14-26/h1-6,9-12,15-18,26-27H,7-8,13-14,19-21H2,(H,31,34). The van der Waals surface area contributed by atoms with Gasteiger partial charge in [0.2, 0.25) is 11.8 Å². The minimum atomic E-state index is -0.602. The van der Waals surface area contributed by atoms with Crippen LogP contribution in [0, 0.1) is 0 Å². The Bertz CT molecular complexity index is 1060. The van der Waals surface area contributed by atoms with Gasteiger partial charge in [0.05, 0.1) is 6.42 Å². The summed E-state index contributed by atoms with van der Waals surface area (Å²) in [6.45, 7) is 0.346. The number of nitrogens with one attached hydrogen (secondary N) is 1. The van der Waals surface area contributed by atoms with Crippen molar-refractivity contribution in [2.45, 2.75) is 57.2 Å². The number of hydrogen-bond acceptors (Lipinski definition) is 2. The van der Waals surface area contributed by atoms with E-state index < -0.39 is 6.04 Å². The lowest BCUT2D eigenvalue weighted by molar-refractivity contribution is -0.141. The molecular weight excluding hydrogens is 444 g/mol. The molecule has 1 saturated carbocycles. The molecule has 0 aromatic heterocycles. The second-order valence-electron chi connectivity index (χ2n) is 9.01. The Hall–Kier alpha value is -3.11. The van der Waals surface area contributed by atoms with Crippen LogP contribution in [0.1, 0.15) is 42.4 Å². The van der Waals surface area contributed by atoms with Crippen molar-refractivity contribution in [2.24, 2.45) is 0 Å². The Balaban J connectivity index is 1.64. The number of hydrogen-bond donors (Lipinski definition) is 1. The van der Waals surface area contributed by atoms with Crippen molar-refractivity contribution in [2.75, 3.05) is 0 Å². The summed E-state index contributed by atoms with van der Waals surface area (Å²) in [5.74, 6) is -0.144. The molecule has 2 amide bonds. The molecule has 1 fully saturated rings. The van der Waals surface area contributed by atoms with Gasteiger partial charge in [-0.3, -0.25) is 9.59 Å². The topological polar surface area (TPSA) is 49.4 Å². The lowest BCUT2D eigenvalue weighted by Crippen LogP contribution is -2.52. The lowest BCUT2D eigenvalue weighted by atomic mass is 10.0. The van der Waals surface area contributed by atoms with E-state index in [-0.39, 0.29) is 24.3 Å². The van der Waals surface area contributed by atoms with Crippen molar-refractivity contribution in [3.63, 3.8) is 0 Å². The molecule has 4 nitrogen and oxygen atoms in total. The van der Waals surface area contributed by atoms with E-state index >= 15 is 0 Å². The van der Waals surface area contributed by atoms with Crippen LogP contribution < -0.4 is 5.32 Å². The fourth-order valence-electron chi connectivity index (χ4n) is 4.58. The molecule has 4 rings (SSSR count). The average Bonchev–Trinajstić information content (AvgIpc) is 3.36. The number of carbonyl (C=O) groups excluding carboxylic acids is 2. The van der Waals surface area contributed by atoms with Gasteiger partial charge < -0.3 is 10.2 Å². The Morgan fingerprint density at radius 3 is 2.03 bits per heavy atom. The van der Waals surface area contributed by atoms with E-state index in [2.05, 4.69) is 5.32 Å². The molecule has 1 aliphatic carbocycles. The van der Waals surface area contributed by atoms with Gasteiger partial charge in [-0.1, -0.05) is 97.2 Å². The van der Waals surface area contributed by atoms with E-state index in [1.165, 1.54) is 0 Å². The fourth-order valence-corrected chi connectivity index (χ4v) is 4.71. The highest BCUT2D eigenvalue weighted by molar-refractivity contribution is 6.30. The first-order valence-corrected chi connectivity index (χ1v) is 12.4. The van der Waals surface area contributed by atoms with Crippen LogP contribution >= 0.6 is 11.6 Å². The first-order valence-electron chi connectivity index (χ1n) is 12.0. The number of nitrogens with zero attached hydrogens (tertiary/aromatic N) is 1. The molecule has 1 unspecified atom stereocenters. The van der Waals surface area contributed by atoms with Gasteiger partial charge in [0.1, 0.15) is 6.04 Å². The third-order valence-electron chi connectivity index (χ3n) is 6.44. The van der Waals surface area contributed by atoms with Gasteiger partial charge in [-0.15, -0.1) is 0 Å². The van der Waals surface area contributed by atoms with Gasteiger partial charge in [-0.2, -0.15) is 0 Å². The van der Waals surface area contributed by atoms with Gasteiger partial charge in [0, 0.05) is 24.0 Å². The number of carbonyl (C=O) groups is 2. The van der Waals surface area contributed by atoms with Crippen LogP contribution in [0.4, 0.5) is 0 Å². The van der Waals surface area contributed by atoms with E-state index in [1.807, 2.05) is 84.9 Å². The highest BCUT2D eigenvalue weighted by Gasteiger charge is 2.32.